The Bertz CT molecular complexity index is 796. The summed E-state index contributed by atoms with van der Waals surface area (Å²) in [6.07, 6.45) is 0.257. The molecule has 3 nitrogen and oxygen atoms in total. The van der Waals surface area contributed by atoms with Gasteiger partial charge in [0.1, 0.15) is 5.01 Å². The fourth-order valence-electron chi connectivity index (χ4n) is 2.01. The average molecular weight is 349 g/mol. The van der Waals surface area contributed by atoms with Crippen molar-refractivity contribution in [3.05, 3.63) is 56.7 Å². The molecule has 1 aromatic carbocycles. The summed E-state index contributed by atoms with van der Waals surface area (Å²) in [6.45, 7) is 1.88. The molecule has 2 heterocycles. The van der Waals surface area contributed by atoms with E-state index in [1.54, 1.807) is 28.7 Å². The number of aromatic nitrogens is 1. The van der Waals surface area contributed by atoms with E-state index in [2.05, 4.69) is 15.7 Å². The maximum Gasteiger partial charge on any atom is 0.230 e. The number of amides is 1. The number of nitrogens with zero attached hydrogens (tertiary/aromatic N) is 1. The number of anilines is 1. The highest BCUT2D eigenvalue weighted by atomic mass is 35.5. The molecule has 0 unspecified atom stereocenters. The standard InChI is InChI=1S/C16H13ClN2OS2/c1-10-13(17)3-2-4-14(10)19-15(20)7-12-9-22-16(18-12)11-5-6-21-8-11/h2-6,8-9H,7H2,1H3,(H,19,20). The maximum atomic E-state index is 12.2. The van der Waals surface area contributed by atoms with Gasteiger partial charge < -0.3 is 5.32 Å². The number of hydrogen-bond donors (Lipinski definition) is 1. The molecule has 112 valence electrons. The molecule has 0 radical (unpaired) electrons. The Morgan fingerprint density at radius 2 is 2.18 bits per heavy atom. The number of hydrogen-bond acceptors (Lipinski definition) is 4. The smallest absolute Gasteiger partial charge is 0.230 e. The lowest BCUT2D eigenvalue weighted by molar-refractivity contribution is -0.115. The van der Waals surface area contributed by atoms with Crippen LogP contribution in [0, 0.1) is 6.92 Å². The summed E-state index contributed by atoms with van der Waals surface area (Å²) in [4.78, 5) is 16.7. The van der Waals surface area contributed by atoms with Crippen LogP contribution in [-0.4, -0.2) is 10.9 Å². The van der Waals surface area contributed by atoms with Crippen LogP contribution in [0.4, 0.5) is 5.69 Å². The number of carbonyl (C=O) groups is 1. The summed E-state index contributed by atoms with van der Waals surface area (Å²) < 4.78 is 0. The van der Waals surface area contributed by atoms with Gasteiger partial charge in [-0.1, -0.05) is 17.7 Å². The molecule has 0 aliphatic carbocycles. The molecular formula is C16H13ClN2OS2. The van der Waals surface area contributed by atoms with Crippen molar-refractivity contribution < 1.29 is 4.79 Å². The van der Waals surface area contributed by atoms with Crippen LogP contribution in [0.1, 0.15) is 11.3 Å². The lowest BCUT2D eigenvalue weighted by Crippen LogP contribution is -2.15. The number of carbonyl (C=O) groups excluding carboxylic acids is 1. The Morgan fingerprint density at radius 1 is 1.32 bits per heavy atom. The number of thiazole rings is 1. The quantitative estimate of drug-likeness (QED) is 0.719. The number of benzene rings is 1. The first-order chi connectivity index (χ1) is 10.6. The zero-order valence-electron chi connectivity index (χ0n) is 11.8. The van der Waals surface area contributed by atoms with Gasteiger partial charge in [0, 0.05) is 27.0 Å². The minimum Gasteiger partial charge on any atom is -0.325 e. The van der Waals surface area contributed by atoms with E-state index in [0.29, 0.717) is 5.02 Å². The molecule has 0 aliphatic rings. The van der Waals surface area contributed by atoms with Crippen molar-refractivity contribution in [1.29, 1.82) is 0 Å². The second kappa shape index (κ2) is 6.60. The molecule has 0 atom stereocenters. The van der Waals surface area contributed by atoms with Crippen molar-refractivity contribution in [1.82, 2.24) is 4.98 Å². The van der Waals surface area contributed by atoms with Crippen LogP contribution in [0.15, 0.2) is 40.4 Å². The predicted molar refractivity (Wildman–Crippen MR) is 93.9 cm³/mol. The minimum atomic E-state index is -0.0902. The van der Waals surface area contributed by atoms with Gasteiger partial charge in [0.05, 0.1) is 12.1 Å². The molecule has 0 aliphatic heterocycles. The fourth-order valence-corrected chi connectivity index (χ4v) is 3.72. The van der Waals surface area contributed by atoms with Gasteiger partial charge in [-0.2, -0.15) is 11.3 Å². The van der Waals surface area contributed by atoms with Gasteiger partial charge in [0.25, 0.3) is 0 Å². The molecule has 1 amide bonds. The zero-order valence-corrected chi connectivity index (χ0v) is 14.2. The van der Waals surface area contributed by atoms with E-state index in [-0.39, 0.29) is 12.3 Å². The van der Waals surface area contributed by atoms with Crippen molar-refractivity contribution in [3.63, 3.8) is 0 Å². The Labute approximate surface area is 141 Å². The first kappa shape index (κ1) is 15.2. The maximum absolute atomic E-state index is 12.2. The van der Waals surface area contributed by atoms with Crippen LogP contribution in [0.3, 0.4) is 0 Å². The highest BCUT2D eigenvalue weighted by Gasteiger charge is 2.11. The topological polar surface area (TPSA) is 42.0 Å². The van der Waals surface area contributed by atoms with E-state index in [4.69, 9.17) is 11.6 Å². The first-order valence-corrected chi connectivity index (χ1v) is 8.85. The second-order valence-corrected chi connectivity index (χ2v) is 6.84. The fraction of sp³-hybridized carbons (Fsp3) is 0.125. The number of rotatable bonds is 4. The van der Waals surface area contributed by atoms with Gasteiger partial charge in [0.15, 0.2) is 0 Å². The Balaban J connectivity index is 1.68. The average Bonchev–Trinajstić information content (AvgIpc) is 3.14. The Kier molecular flexibility index (Phi) is 4.57. The number of nitrogens with one attached hydrogen (secondary N) is 1. The lowest BCUT2D eigenvalue weighted by Gasteiger charge is -2.08. The normalized spacial score (nSPS) is 10.6. The molecule has 0 fully saturated rings. The Hall–Kier alpha value is -1.69. The van der Waals surface area contributed by atoms with E-state index < -0.39 is 0 Å². The van der Waals surface area contributed by atoms with Crippen molar-refractivity contribution >= 4 is 45.9 Å². The third-order valence-corrected chi connectivity index (χ3v) is 5.24. The number of thiophene rings is 1. The molecule has 22 heavy (non-hydrogen) atoms. The van der Waals surface area contributed by atoms with Crippen molar-refractivity contribution in [2.24, 2.45) is 0 Å². The van der Waals surface area contributed by atoms with Gasteiger partial charge in [0.2, 0.25) is 5.91 Å². The summed E-state index contributed by atoms with van der Waals surface area (Å²) >= 11 is 9.25. The third-order valence-electron chi connectivity index (χ3n) is 3.20. The Morgan fingerprint density at radius 3 is 2.95 bits per heavy atom. The van der Waals surface area contributed by atoms with E-state index >= 15 is 0 Å². The molecule has 1 N–H and O–H groups in total. The molecule has 0 saturated heterocycles. The second-order valence-electron chi connectivity index (χ2n) is 4.79. The number of halogens is 1. The van der Waals surface area contributed by atoms with Crippen LogP contribution in [0.5, 0.6) is 0 Å². The third kappa shape index (κ3) is 3.38. The molecule has 2 aromatic heterocycles. The van der Waals surface area contributed by atoms with Crippen molar-refractivity contribution in [3.8, 4) is 10.6 Å². The van der Waals surface area contributed by atoms with Crippen LogP contribution >= 0.6 is 34.3 Å². The summed E-state index contributed by atoms with van der Waals surface area (Å²) in [5.41, 5.74) is 3.50. The molecule has 0 spiro atoms. The summed E-state index contributed by atoms with van der Waals surface area (Å²) in [6, 6.07) is 7.50. The van der Waals surface area contributed by atoms with Crippen LogP contribution < -0.4 is 5.32 Å². The van der Waals surface area contributed by atoms with E-state index in [9.17, 15) is 4.79 Å². The van der Waals surface area contributed by atoms with Gasteiger partial charge in [-0.05, 0) is 36.1 Å². The van der Waals surface area contributed by atoms with E-state index in [1.807, 2.05) is 35.9 Å². The SMILES string of the molecule is Cc1c(Cl)cccc1NC(=O)Cc1csc(-c2ccsc2)n1. The zero-order chi connectivity index (χ0) is 15.5. The first-order valence-electron chi connectivity index (χ1n) is 6.65. The molecular weight excluding hydrogens is 336 g/mol. The lowest BCUT2D eigenvalue weighted by atomic mass is 10.2. The van der Waals surface area contributed by atoms with Crippen LogP contribution in [0.2, 0.25) is 5.02 Å². The van der Waals surface area contributed by atoms with Gasteiger partial charge >= 0.3 is 0 Å². The van der Waals surface area contributed by atoms with Crippen molar-refractivity contribution in [2.75, 3.05) is 5.32 Å². The highest BCUT2D eigenvalue weighted by molar-refractivity contribution is 7.14. The monoisotopic (exact) mass is 348 g/mol. The summed E-state index contributed by atoms with van der Waals surface area (Å²) in [7, 11) is 0. The predicted octanol–water partition coefficient (Wildman–Crippen LogP) is 5.01. The van der Waals surface area contributed by atoms with Crippen molar-refractivity contribution in [2.45, 2.75) is 13.3 Å². The van der Waals surface area contributed by atoms with Gasteiger partial charge in [-0.3, -0.25) is 4.79 Å². The molecule has 0 bridgehead atoms. The molecule has 0 saturated carbocycles. The van der Waals surface area contributed by atoms with Crippen LogP contribution in [0.25, 0.3) is 10.6 Å². The summed E-state index contributed by atoms with van der Waals surface area (Å²) in [5, 5.41) is 10.5. The minimum absolute atomic E-state index is 0.0902. The molecule has 3 rings (SSSR count). The van der Waals surface area contributed by atoms with Crippen LogP contribution in [-0.2, 0) is 11.2 Å². The van der Waals surface area contributed by atoms with Gasteiger partial charge in [-0.25, -0.2) is 4.98 Å². The largest absolute Gasteiger partial charge is 0.325 e. The highest BCUT2D eigenvalue weighted by Crippen LogP contribution is 2.26. The van der Waals surface area contributed by atoms with E-state index in [1.165, 1.54) is 0 Å². The molecule has 3 aromatic rings. The summed E-state index contributed by atoms with van der Waals surface area (Å²) in [5.74, 6) is -0.0902. The van der Waals surface area contributed by atoms with Gasteiger partial charge in [-0.15, -0.1) is 11.3 Å². The van der Waals surface area contributed by atoms with E-state index in [0.717, 1.165) is 27.5 Å². The molecule has 6 heteroatoms.